The number of hydrogen-bond acceptors (Lipinski definition) is 4. The van der Waals surface area contributed by atoms with Gasteiger partial charge in [0.25, 0.3) is 0 Å². The number of fused-ring (bicyclic) bond motifs is 1. The third kappa shape index (κ3) is 1.74. The molecule has 0 aliphatic heterocycles. The fraction of sp³-hybridized carbons (Fsp3) is 0. The van der Waals surface area contributed by atoms with E-state index in [2.05, 4.69) is 0 Å². The maximum Gasteiger partial charge on any atom is 0.348 e. The predicted molar refractivity (Wildman–Crippen MR) is 71.2 cm³/mol. The first-order valence-electron chi connectivity index (χ1n) is 5.71. The van der Waals surface area contributed by atoms with Gasteiger partial charge in [0.2, 0.25) is 0 Å². The van der Waals surface area contributed by atoms with Gasteiger partial charge >= 0.3 is 5.63 Å². The van der Waals surface area contributed by atoms with E-state index < -0.39 is 5.63 Å². The molecule has 4 heteroatoms. The molecule has 0 fully saturated rings. The summed E-state index contributed by atoms with van der Waals surface area (Å²) in [4.78, 5) is 12.0. The Morgan fingerprint density at radius 1 is 0.895 bits per heavy atom. The van der Waals surface area contributed by atoms with E-state index in [4.69, 9.17) is 4.42 Å². The zero-order valence-corrected chi connectivity index (χ0v) is 9.83. The second kappa shape index (κ2) is 4.17. The van der Waals surface area contributed by atoms with Crippen molar-refractivity contribution in [2.24, 2.45) is 0 Å². The molecule has 0 atom stereocenters. The lowest BCUT2D eigenvalue weighted by molar-refractivity contribution is 0.447. The van der Waals surface area contributed by atoms with Gasteiger partial charge in [0.1, 0.15) is 11.3 Å². The Labute approximate surface area is 108 Å². The minimum atomic E-state index is -0.683. The summed E-state index contributed by atoms with van der Waals surface area (Å²) in [5.74, 6) is -0.363. The highest BCUT2D eigenvalue weighted by molar-refractivity contribution is 5.93. The average Bonchev–Trinajstić information content (AvgIpc) is 2.41. The molecular formula is C15H10O4. The minimum Gasteiger partial charge on any atom is -0.506 e. The van der Waals surface area contributed by atoms with Crippen molar-refractivity contribution in [3.05, 3.63) is 59.0 Å². The van der Waals surface area contributed by atoms with Crippen LogP contribution >= 0.6 is 0 Å². The van der Waals surface area contributed by atoms with E-state index in [0.717, 1.165) is 0 Å². The number of phenolic OH excluding ortho intramolecular Hbond substituents is 1. The Bertz CT molecular complexity index is 803. The van der Waals surface area contributed by atoms with Crippen molar-refractivity contribution in [1.82, 2.24) is 0 Å². The predicted octanol–water partition coefficient (Wildman–Crippen LogP) is 2.87. The Morgan fingerprint density at radius 2 is 1.63 bits per heavy atom. The molecule has 4 nitrogen and oxygen atoms in total. The Balaban J connectivity index is 2.43. The van der Waals surface area contributed by atoms with Gasteiger partial charge in [0.15, 0.2) is 11.3 Å². The van der Waals surface area contributed by atoms with Gasteiger partial charge in [-0.15, -0.1) is 0 Å². The van der Waals surface area contributed by atoms with Crippen molar-refractivity contribution in [2.75, 3.05) is 0 Å². The summed E-state index contributed by atoms with van der Waals surface area (Å²) in [7, 11) is 0. The first kappa shape index (κ1) is 11.3. The second-order valence-electron chi connectivity index (χ2n) is 4.13. The van der Waals surface area contributed by atoms with Crippen molar-refractivity contribution < 1.29 is 14.6 Å². The van der Waals surface area contributed by atoms with E-state index in [9.17, 15) is 15.0 Å². The lowest BCUT2D eigenvalue weighted by Crippen LogP contribution is -2.03. The van der Waals surface area contributed by atoms with Gasteiger partial charge < -0.3 is 14.6 Å². The van der Waals surface area contributed by atoms with Gasteiger partial charge in [-0.05, 0) is 17.7 Å². The Morgan fingerprint density at radius 3 is 2.37 bits per heavy atom. The van der Waals surface area contributed by atoms with Crippen LogP contribution in [0.3, 0.4) is 0 Å². The quantitative estimate of drug-likeness (QED) is 0.655. The summed E-state index contributed by atoms with van der Waals surface area (Å²) in [5.41, 5.74) is -0.0277. The van der Waals surface area contributed by atoms with Crippen molar-refractivity contribution >= 4 is 11.0 Å². The van der Waals surface area contributed by atoms with E-state index in [1.807, 2.05) is 6.07 Å². The molecule has 94 valence electrons. The molecule has 2 aromatic carbocycles. The third-order valence-electron chi connectivity index (χ3n) is 2.95. The van der Waals surface area contributed by atoms with E-state index >= 15 is 0 Å². The molecule has 0 amide bonds. The van der Waals surface area contributed by atoms with E-state index in [-0.39, 0.29) is 22.6 Å². The molecule has 0 unspecified atom stereocenters. The van der Waals surface area contributed by atoms with Crippen LogP contribution in [0.25, 0.3) is 22.1 Å². The van der Waals surface area contributed by atoms with E-state index in [1.165, 1.54) is 6.07 Å². The van der Waals surface area contributed by atoms with Gasteiger partial charge in [-0.2, -0.15) is 0 Å². The summed E-state index contributed by atoms with van der Waals surface area (Å²) in [6, 6.07) is 13.3. The molecule has 0 aliphatic rings. The van der Waals surface area contributed by atoms with Crippen LogP contribution in [0.15, 0.2) is 57.7 Å². The van der Waals surface area contributed by atoms with Gasteiger partial charge in [-0.25, -0.2) is 4.79 Å². The summed E-state index contributed by atoms with van der Waals surface area (Å²) >= 11 is 0. The van der Waals surface area contributed by atoms with Crippen molar-refractivity contribution in [3.8, 4) is 22.6 Å². The van der Waals surface area contributed by atoms with Gasteiger partial charge in [-0.1, -0.05) is 36.4 Å². The molecule has 3 aromatic rings. The summed E-state index contributed by atoms with van der Waals surface area (Å²) in [6.07, 6.45) is 0. The highest BCUT2D eigenvalue weighted by Crippen LogP contribution is 2.35. The summed E-state index contributed by atoms with van der Waals surface area (Å²) < 4.78 is 5.09. The average molecular weight is 254 g/mol. The molecule has 0 radical (unpaired) electrons. The number of hydrogen-bond donors (Lipinski definition) is 2. The molecular weight excluding hydrogens is 244 g/mol. The zero-order chi connectivity index (χ0) is 13.4. The molecule has 0 aliphatic carbocycles. The highest BCUT2D eigenvalue weighted by Gasteiger charge is 2.16. The smallest absolute Gasteiger partial charge is 0.348 e. The second-order valence-corrected chi connectivity index (χ2v) is 4.13. The summed E-state index contributed by atoms with van der Waals surface area (Å²) in [5, 5.41) is 20.2. The molecule has 2 N–H and O–H groups in total. The van der Waals surface area contributed by atoms with Crippen LogP contribution in [0.1, 0.15) is 0 Å². The monoisotopic (exact) mass is 254 g/mol. The molecule has 0 saturated carbocycles. The molecule has 19 heavy (non-hydrogen) atoms. The van der Waals surface area contributed by atoms with Gasteiger partial charge in [0, 0.05) is 0 Å². The molecule has 0 bridgehead atoms. The Kier molecular flexibility index (Phi) is 2.49. The number of rotatable bonds is 1. The number of para-hydroxylation sites is 1. The minimum absolute atomic E-state index is 0.00955. The van der Waals surface area contributed by atoms with Crippen LogP contribution in [0.5, 0.6) is 11.5 Å². The molecule has 3 rings (SSSR count). The standard InChI is InChI=1S/C15H10O4/c16-11-8-4-7-10-13(17)12(15(18)19-14(10)11)9-5-2-1-3-6-9/h1-8,16-17H. The number of benzene rings is 2. The number of phenols is 1. The lowest BCUT2D eigenvalue weighted by Gasteiger charge is -2.07. The molecule has 0 saturated heterocycles. The maximum absolute atomic E-state index is 12.0. The SMILES string of the molecule is O=c1oc2c(O)cccc2c(O)c1-c1ccccc1. The van der Waals surface area contributed by atoms with Crippen molar-refractivity contribution in [1.29, 1.82) is 0 Å². The van der Waals surface area contributed by atoms with Crippen molar-refractivity contribution in [2.45, 2.75) is 0 Å². The molecule has 1 heterocycles. The lowest BCUT2D eigenvalue weighted by atomic mass is 10.0. The topological polar surface area (TPSA) is 70.7 Å². The zero-order valence-electron chi connectivity index (χ0n) is 9.83. The first-order chi connectivity index (χ1) is 9.18. The van der Waals surface area contributed by atoms with E-state index in [0.29, 0.717) is 10.9 Å². The van der Waals surface area contributed by atoms with Crippen LogP contribution in [0, 0.1) is 0 Å². The molecule has 0 spiro atoms. The fourth-order valence-corrected chi connectivity index (χ4v) is 2.05. The fourth-order valence-electron chi connectivity index (χ4n) is 2.05. The summed E-state index contributed by atoms with van der Waals surface area (Å²) in [6.45, 7) is 0. The first-order valence-corrected chi connectivity index (χ1v) is 5.71. The largest absolute Gasteiger partial charge is 0.506 e. The van der Waals surface area contributed by atoms with Crippen LogP contribution < -0.4 is 5.63 Å². The number of aromatic hydroxyl groups is 2. The third-order valence-corrected chi connectivity index (χ3v) is 2.95. The van der Waals surface area contributed by atoms with Gasteiger partial charge in [-0.3, -0.25) is 0 Å². The molecule has 1 aromatic heterocycles. The maximum atomic E-state index is 12.0. The van der Waals surface area contributed by atoms with E-state index in [1.54, 1.807) is 36.4 Å². The van der Waals surface area contributed by atoms with Crippen LogP contribution in [0.2, 0.25) is 0 Å². The highest BCUT2D eigenvalue weighted by atomic mass is 16.4. The van der Waals surface area contributed by atoms with Gasteiger partial charge in [0.05, 0.1) is 5.39 Å². The van der Waals surface area contributed by atoms with Crippen LogP contribution in [-0.2, 0) is 0 Å². The van der Waals surface area contributed by atoms with Crippen molar-refractivity contribution in [3.63, 3.8) is 0 Å². The Hall–Kier alpha value is -2.75. The van der Waals surface area contributed by atoms with Crippen LogP contribution in [-0.4, -0.2) is 10.2 Å². The van der Waals surface area contributed by atoms with Crippen LogP contribution in [0.4, 0.5) is 0 Å². The normalized spacial score (nSPS) is 10.7.